The summed E-state index contributed by atoms with van der Waals surface area (Å²) in [5, 5.41) is 23.2. The summed E-state index contributed by atoms with van der Waals surface area (Å²) in [4.78, 5) is 0. The lowest BCUT2D eigenvalue weighted by Gasteiger charge is -2.10. The van der Waals surface area contributed by atoms with Crippen LogP contribution >= 0.6 is 0 Å². The Labute approximate surface area is 153 Å². The van der Waals surface area contributed by atoms with Crippen molar-refractivity contribution in [3.05, 3.63) is 60.3 Å². The first-order valence-electron chi connectivity index (χ1n) is 8.41. The fourth-order valence-corrected chi connectivity index (χ4v) is 1.00. The number of nitrogens with two attached hydrogens (primary N) is 1. The minimum Gasteiger partial charge on any atom is -0.505 e. The van der Waals surface area contributed by atoms with Gasteiger partial charge in [-0.1, -0.05) is 66.0 Å². The molecule has 0 radical (unpaired) electrons. The van der Waals surface area contributed by atoms with Crippen LogP contribution in [0.2, 0.25) is 0 Å². The molecule has 6 nitrogen and oxygen atoms in total. The van der Waals surface area contributed by atoms with Gasteiger partial charge in [-0.3, -0.25) is 5.41 Å². The Morgan fingerprint density at radius 3 is 1.88 bits per heavy atom. The number of aliphatic hydroxyl groups excluding tert-OH is 1. The van der Waals surface area contributed by atoms with Crippen LogP contribution in [0.3, 0.4) is 0 Å². The van der Waals surface area contributed by atoms with E-state index in [2.05, 4.69) is 23.5 Å². The van der Waals surface area contributed by atoms with Gasteiger partial charge in [0.2, 0.25) is 0 Å². The molecule has 6 heteroatoms. The highest BCUT2D eigenvalue weighted by Crippen LogP contribution is 2.16. The van der Waals surface area contributed by atoms with Gasteiger partial charge < -0.3 is 15.7 Å². The number of hydrogen-bond acceptors (Lipinski definition) is 4. The van der Waals surface area contributed by atoms with Crippen molar-refractivity contribution >= 4 is 5.84 Å². The Morgan fingerprint density at radius 1 is 1.08 bits per heavy atom. The molecule has 0 rings (SSSR count). The highest BCUT2D eigenvalue weighted by Gasteiger charge is 2.08. The SMILES string of the molecule is C=C(/C=C(/OC(/C=C\C)=C/C)C(=C)O)C(=N)N=NN.CC.CC.CC. The van der Waals surface area contributed by atoms with E-state index >= 15 is 0 Å². The molecule has 0 amide bonds. The summed E-state index contributed by atoms with van der Waals surface area (Å²) in [6, 6.07) is 0. The molecule has 4 N–H and O–H groups in total. The standard InChI is InChI=1S/C13H18N4O2.3C2H6/c1-5-7-11(6-2)19-12(10(4)18)8-9(3)13(14)16-17-15;3*1-2/h5-8,18H,3-4H2,1-2H3,(H3,14,15,16);3*1-2H3/b7-5-,11-6+,12-8+;;;. The average Bonchev–Trinajstić information content (AvgIpc) is 2.65. The van der Waals surface area contributed by atoms with Crippen molar-refractivity contribution in [2.24, 2.45) is 16.2 Å². The molecule has 0 aliphatic carbocycles. The van der Waals surface area contributed by atoms with Gasteiger partial charge >= 0.3 is 0 Å². The molecular formula is C19H36N4O2. The second-order valence-corrected chi connectivity index (χ2v) is 3.34. The van der Waals surface area contributed by atoms with Crippen molar-refractivity contribution in [3.63, 3.8) is 0 Å². The van der Waals surface area contributed by atoms with Crippen LogP contribution in [0.4, 0.5) is 0 Å². The number of hydrogen-bond donors (Lipinski definition) is 3. The fourth-order valence-electron chi connectivity index (χ4n) is 1.00. The maximum Gasteiger partial charge on any atom is 0.175 e. The highest BCUT2D eigenvalue weighted by molar-refractivity contribution is 5.98. The molecule has 0 aromatic rings. The first-order valence-corrected chi connectivity index (χ1v) is 8.41. The van der Waals surface area contributed by atoms with Gasteiger partial charge in [-0.05, 0) is 32.1 Å². The zero-order valence-corrected chi connectivity index (χ0v) is 17.1. The summed E-state index contributed by atoms with van der Waals surface area (Å²) in [5.74, 6) is 4.89. The van der Waals surface area contributed by atoms with Gasteiger partial charge in [-0.2, -0.15) is 0 Å². The van der Waals surface area contributed by atoms with E-state index in [4.69, 9.17) is 16.0 Å². The summed E-state index contributed by atoms with van der Waals surface area (Å²) in [6.45, 7) is 22.6. The lowest BCUT2D eigenvalue weighted by Crippen LogP contribution is -1.99. The van der Waals surface area contributed by atoms with Gasteiger partial charge in [0.05, 0.1) is 0 Å². The normalized spacial score (nSPS) is 10.6. The van der Waals surface area contributed by atoms with E-state index in [0.717, 1.165) is 0 Å². The summed E-state index contributed by atoms with van der Waals surface area (Å²) in [7, 11) is 0. The molecule has 0 bridgehead atoms. The van der Waals surface area contributed by atoms with Crippen molar-refractivity contribution < 1.29 is 9.84 Å². The molecule has 0 aliphatic heterocycles. The quantitative estimate of drug-likeness (QED) is 0.0982. The largest absolute Gasteiger partial charge is 0.505 e. The maximum absolute atomic E-state index is 9.46. The summed E-state index contributed by atoms with van der Waals surface area (Å²) in [5.41, 5.74) is 0.176. The van der Waals surface area contributed by atoms with Crippen LogP contribution in [0.1, 0.15) is 55.4 Å². The van der Waals surface area contributed by atoms with Crippen LogP contribution in [0.25, 0.3) is 0 Å². The third kappa shape index (κ3) is 17.6. The summed E-state index contributed by atoms with van der Waals surface area (Å²) in [6.07, 6.45) is 6.54. The molecule has 0 aliphatic rings. The fraction of sp³-hybridized carbons (Fsp3) is 0.421. The van der Waals surface area contributed by atoms with Crippen LogP contribution < -0.4 is 5.84 Å². The average molecular weight is 353 g/mol. The number of nitrogens with one attached hydrogen (secondary N) is 1. The molecule has 0 aromatic carbocycles. The molecular weight excluding hydrogens is 316 g/mol. The molecule has 0 saturated carbocycles. The minimum absolute atomic E-state index is 0.0631. The second kappa shape index (κ2) is 23.6. The number of aliphatic hydroxyl groups is 1. The molecule has 0 spiro atoms. The molecule has 0 unspecified atom stereocenters. The number of ether oxygens (including phenoxy) is 1. The third-order valence-electron chi connectivity index (χ3n) is 1.89. The lowest BCUT2D eigenvalue weighted by atomic mass is 10.2. The van der Waals surface area contributed by atoms with E-state index in [0.29, 0.717) is 5.76 Å². The van der Waals surface area contributed by atoms with Crippen LogP contribution in [0, 0.1) is 5.41 Å². The lowest BCUT2D eigenvalue weighted by molar-refractivity contribution is 0.277. The number of nitrogens with zero attached hydrogens (tertiary/aromatic N) is 2. The molecule has 0 fully saturated rings. The zero-order chi connectivity index (χ0) is 20.8. The van der Waals surface area contributed by atoms with Gasteiger partial charge in [0, 0.05) is 5.57 Å². The van der Waals surface area contributed by atoms with Gasteiger partial charge in [-0.25, -0.2) is 0 Å². The van der Waals surface area contributed by atoms with Crippen molar-refractivity contribution in [2.45, 2.75) is 55.4 Å². The molecule has 0 aromatic heterocycles. The predicted molar refractivity (Wildman–Crippen MR) is 109 cm³/mol. The first-order chi connectivity index (χ1) is 12.0. The monoisotopic (exact) mass is 352 g/mol. The van der Waals surface area contributed by atoms with E-state index in [1.165, 1.54) is 6.08 Å². The molecule has 0 atom stereocenters. The van der Waals surface area contributed by atoms with Crippen molar-refractivity contribution in [3.8, 4) is 0 Å². The van der Waals surface area contributed by atoms with Crippen molar-refractivity contribution in [1.29, 1.82) is 5.41 Å². The second-order valence-electron chi connectivity index (χ2n) is 3.34. The number of rotatable bonds is 6. The van der Waals surface area contributed by atoms with E-state index in [-0.39, 0.29) is 22.9 Å². The van der Waals surface area contributed by atoms with E-state index in [9.17, 15) is 5.11 Å². The smallest absolute Gasteiger partial charge is 0.175 e. The first kappa shape index (κ1) is 30.3. The van der Waals surface area contributed by atoms with Crippen LogP contribution in [-0.2, 0) is 4.74 Å². The van der Waals surface area contributed by atoms with Gasteiger partial charge in [-0.15, -0.1) is 5.11 Å². The van der Waals surface area contributed by atoms with Gasteiger partial charge in [0.25, 0.3) is 0 Å². The van der Waals surface area contributed by atoms with Gasteiger partial charge in [0.15, 0.2) is 17.4 Å². The summed E-state index contributed by atoms with van der Waals surface area (Å²) < 4.78 is 5.43. The predicted octanol–water partition coefficient (Wildman–Crippen LogP) is 6.38. The van der Waals surface area contributed by atoms with Crippen LogP contribution in [0.5, 0.6) is 0 Å². The van der Waals surface area contributed by atoms with Crippen LogP contribution in [-0.4, -0.2) is 10.9 Å². The zero-order valence-electron chi connectivity index (χ0n) is 17.1. The topological polar surface area (TPSA) is 104 Å². The van der Waals surface area contributed by atoms with E-state index in [1.807, 2.05) is 48.5 Å². The molecule has 0 heterocycles. The Hall–Kier alpha value is -2.63. The molecule has 144 valence electrons. The van der Waals surface area contributed by atoms with Crippen molar-refractivity contribution in [2.75, 3.05) is 0 Å². The van der Waals surface area contributed by atoms with Gasteiger partial charge in [0.1, 0.15) is 5.76 Å². The summed E-state index contributed by atoms with van der Waals surface area (Å²) >= 11 is 0. The molecule has 25 heavy (non-hydrogen) atoms. The highest BCUT2D eigenvalue weighted by atomic mass is 16.5. The van der Waals surface area contributed by atoms with E-state index in [1.54, 1.807) is 25.2 Å². The number of allylic oxidation sites excluding steroid dienone is 3. The Kier molecular flexibility index (Phi) is 28.6. The molecule has 0 saturated heterocycles. The Bertz CT molecular complexity index is 488. The van der Waals surface area contributed by atoms with Crippen molar-refractivity contribution in [1.82, 2.24) is 0 Å². The number of amidine groups is 1. The Balaban J connectivity index is -0.000000329. The third-order valence-corrected chi connectivity index (χ3v) is 1.89. The minimum atomic E-state index is -0.289. The van der Waals surface area contributed by atoms with Crippen LogP contribution in [0.15, 0.2) is 70.7 Å². The van der Waals surface area contributed by atoms with E-state index < -0.39 is 0 Å². The maximum atomic E-state index is 9.46. The Morgan fingerprint density at radius 2 is 1.56 bits per heavy atom.